The van der Waals surface area contributed by atoms with E-state index in [1.54, 1.807) is 4.68 Å². The van der Waals surface area contributed by atoms with Gasteiger partial charge in [0.1, 0.15) is 17.5 Å². The van der Waals surface area contributed by atoms with Gasteiger partial charge >= 0.3 is 0 Å². The van der Waals surface area contributed by atoms with E-state index in [1.165, 1.54) is 0 Å². The molecule has 0 fully saturated rings. The summed E-state index contributed by atoms with van der Waals surface area (Å²) in [6, 6.07) is 25.6. The Bertz CT molecular complexity index is 1590. The summed E-state index contributed by atoms with van der Waals surface area (Å²) in [5.41, 5.74) is 5.44. The summed E-state index contributed by atoms with van der Waals surface area (Å²) in [6.45, 7) is 2.44. The number of hydrogen-bond donors (Lipinski definition) is 0. The van der Waals surface area contributed by atoms with Crippen LogP contribution in [0.25, 0.3) is 39.6 Å². The molecule has 0 saturated carbocycles. The van der Waals surface area contributed by atoms with E-state index in [-0.39, 0.29) is 0 Å². The first-order chi connectivity index (χ1) is 17.1. The van der Waals surface area contributed by atoms with Crippen molar-refractivity contribution in [3.8, 4) is 28.8 Å². The molecule has 2 aromatic heterocycles. The van der Waals surface area contributed by atoms with Crippen LogP contribution in [0.2, 0.25) is 5.02 Å². The first-order valence-corrected chi connectivity index (χ1v) is 11.6. The number of para-hydroxylation sites is 3. The zero-order chi connectivity index (χ0) is 24.4. The van der Waals surface area contributed by atoms with Crippen molar-refractivity contribution in [3.63, 3.8) is 0 Å². The fourth-order valence-electron chi connectivity index (χ4n) is 4.04. The zero-order valence-corrected chi connectivity index (χ0v) is 20.1. The number of fused-ring (bicyclic) bond motifs is 1. The van der Waals surface area contributed by atoms with Crippen LogP contribution in [0, 0.1) is 11.3 Å². The molecule has 3 aromatic carbocycles. The Labute approximate surface area is 208 Å². The zero-order valence-electron chi connectivity index (χ0n) is 19.3. The van der Waals surface area contributed by atoms with Crippen molar-refractivity contribution in [1.29, 1.82) is 5.26 Å². The second kappa shape index (κ2) is 9.49. The largest absolute Gasteiger partial charge is 0.492 e. The summed E-state index contributed by atoms with van der Waals surface area (Å²) >= 11 is 6.49. The average Bonchev–Trinajstić information content (AvgIpc) is 3.46. The summed E-state index contributed by atoms with van der Waals surface area (Å²) in [7, 11) is 1.91. The molecular weight excluding hydrogens is 458 g/mol. The maximum atomic E-state index is 10.1. The topological polar surface area (TPSA) is 68.7 Å². The Morgan fingerprint density at radius 2 is 1.86 bits per heavy atom. The smallest absolute Gasteiger partial charge is 0.151 e. The molecule has 172 valence electrons. The van der Waals surface area contributed by atoms with Crippen LogP contribution in [0.3, 0.4) is 0 Å². The standard InChI is InChI=1S/C28H22ClN5O/c1-3-35-26-14-13-19(16-23(26)29)27-21(18-34(32-27)22-9-5-4-6-10-22)15-20(17-30)28-31-24-11-7-8-12-25(24)33(28)2/h4-16,18H,3H2,1-2H3/b20-15-. The quantitative estimate of drug-likeness (QED) is 0.259. The molecular formula is C28H22ClN5O. The molecule has 0 saturated heterocycles. The number of benzene rings is 3. The van der Waals surface area contributed by atoms with Crippen LogP contribution < -0.4 is 4.74 Å². The van der Waals surface area contributed by atoms with Gasteiger partial charge in [0.05, 0.1) is 33.9 Å². The molecule has 0 aliphatic carbocycles. The van der Waals surface area contributed by atoms with Crippen LogP contribution in [0.4, 0.5) is 0 Å². The SMILES string of the molecule is CCOc1ccc(-c2nn(-c3ccccc3)cc2/C=C(/C#N)c2nc3ccccc3n2C)cc1Cl. The van der Waals surface area contributed by atoms with E-state index in [4.69, 9.17) is 26.4 Å². The van der Waals surface area contributed by atoms with Crippen molar-refractivity contribution in [2.24, 2.45) is 7.05 Å². The van der Waals surface area contributed by atoms with E-state index < -0.39 is 0 Å². The predicted octanol–water partition coefficient (Wildman–Crippen LogP) is 6.54. The third-order valence-corrected chi connectivity index (χ3v) is 6.01. The van der Waals surface area contributed by atoms with Gasteiger partial charge in [-0.25, -0.2) is 9.67 Å². The van der Waals surface area contributed by atoms with Gasteiger partial charge in [-0.3, -0.25) is 0 Å². The molecule has 0 aliphatic heterocycles. The maximum absolute atomic E-state index is 10.1. The maximum Gasteiger partial charge on any atom is 0.151 e. The minimum atomic E-state index is 0.439. The average molecular weight is 480 g/mol. The molecule has 0 spiro atoms. The van der Waals surface area contributed by atoms with Crippen LogP contribution >= 0.6 is 11.6 Å². The number of aryl methyl sites for hydroxylation is 1. The van der Waals surface area contributed by atoms with Gasteiger partial charge < -0.3 is 9.30 Å². The second-order valence-electron chi connectivity index (χ2n) is 7.94. The van der Waals surface area contributed by atoms with E-state index >= 15 is 0 Å². The lowest BCUT2D eigenvalue weighted by atomic mass is 10.1. The molecule has 5 rings (SSSR count). The molecule has 5 aromatic rings. The van der Waals surface area contributed by atoms with Crippen molar-refractivity contribution in [2.75, 3.05) is 6.61 Å². The highest BCUT2D eigenvalue weighted by Crippen LogP contribution is 2.33. The van der Waals surface area contributed by atoms with Gasteiger partial charge in [-0.1, -0.05) is 41.9 Å². The number of ether oxygens (including phenoxy) is 1. The molecule has 0 bridgehead atoms. The molecule has 6 nitrogen and oxygen atoms in total. The normalized spacial score (nSPS) is 11.5. The van der Waals surface area contributed by atoms with Gasteiger partial charge in [0.2, 0.25) is 0 Å². The van der Waals surface area contributed by atoms with Gasteiger partial charge in [-0.15, -0.1) is 0 Å². The Morgan fingerprint density at radius 3 is 2.57 bits per heavy atom. The molecule has 0 aliphatic rings. The third-order valence-electron chi connectivity index (χ3n) is 5.72. The number of allylic oxidation sites excluding steroid dienone is 1. The monoisotopic (exact) mass is 479 g/mol. The van der Waals surface area contributed by atoms with Crippen LogP contribution in [-0.4, -0.2) is 25.9 Å². The minimum Gasteiger partial charge on any atom is -0.492 e. The van der Waals surface area contributed by atoms with Crippen LogP contribution in [0.1, 0.15) is 18.3 Å². The van der Waals surface area contributed by atoms with Crippen LogP contribution in [0.5, 0.6) is 5.75 Å². The molecule has 0 N–H and O–H groups in total. The van der Waals surface area contributed by atoms with Gasteiger partial charge in [0, 0.05) is 24.4 Å². The van der Waals surface area contributed by atoms with E-state index in [0.717, 1.165) is 27.8 Å². The van der Waals surface area contributed by atoms with E-state index in [1.807, 2.05) is 104 Å². The first kappa shape index (κ1) is 22.5. The Hall–Kier alpha value is -4.34. The van der Waals surface area contributed by atoms with E-state index in [0.29, 0.717) is 34.5 Å². The predicted molar refractivity (Wildman–Crippen MR) is 139 cm³/mol. The number of aromatic nitrogens is 4. The lowest BCUT2D eigenvalue weighted by molar-refractivity contribution is 0.340. The van der Waals surface area contributed by atoms with Crippen LogP contribution in [0.15, 0.2) is 79.0 Å². The van der Waals surface area contributed by atoms with E-state index in [2.05, 4.69) is 6.07 Å². The van der Waals surface area contributed by atoms with E-state index in [9.17, 15) is 5.26 Å². The van der Waals surface area contributed by atoms with Crippen LogP contribution in [-0.2, 0) is 7.05 Å². The lowest BCUT2D eigenvalue weighted by Gasteiger charge is -2.07. The van der Waals surface area contributed by atoms with Gasteiger partial charge in [-0.05, 0) is 55.5 Å². The Morgan fingerprint density at radius 1 is 1.09 bits per heavy atom. The number of rotatable bonds is 6. The minimum absolute atomic E-state index is 0.439. The summed E-state index contributed by atoms with van der Waals surface area (Å²) in [5, 5.41) is 15.4. The Kier molecular flexibility index (Phi) is 6.09. The van der Waals surface area contributed by atoms with Gasteiger partial charge in [-0.2, -0.15) is 10.4 Å². The molecule has 0 amide bonds. The summed E-state index contributed by atoms with van der Waals surface area (Å²) in [4.78, 5) is 4.70. The number of nitrogens with zero attached hydrogens (tertiary/aromatic N) is 5. The molecule has 35 heavy (non-hydrogen) atoms. The second-order valence-corrected chi connectivity index (χ2v) is 8.35. The third kappa shape index (κ3) is 4.30. The number of hydrogen-bond acceptors (Lipinski definition) is 4. The van der Waals surface area contributed by atoms with Gasteiger partial charge in [0.25, 0.3) is 0 Å². The summed E-state index contributed by atoms with van der Waals surface area (Å²) in [5.74, 6) is 1.21. The number of halogens is 1. The highest BCUT2D eigenvalue weighted by molar-refractivity contribution is 6.32. The molecule has 0 unspecified atom stereocenters. The highest BCUT2D eigenvalue weighted by Gasteiger charge is 2.17. The first-order valence-electron chi connectivity index (χ1n) is 11.2. The van der Waals surface area contributed by atoms with Crippen molar-refractivity contribution in [2.45, 2.75) is 6.92 Å². The van der Waals surface area contributed by atoms with Crippen molar-refractivity contribution < 1.29 is 4.74 Å². The molecule has 7 heteroatoms. The summed E-state index contributed by atoms with van der Waals surface area (Å²) in [6.07, 6.45) is 3.74. The number of nitriles is 1. The fraction of sp³-hybridized carbons (Fsp3) is 0.107. The highest BCUT2D eigenvalue weighted by atomic mass is 35.5. The Balaban J connectivity index is 1.67. The fourth-order valence-corrected chi connectivity index (χ4v) is 4.27. The lowest BCUT2D eigenvalue weighted by Crippen LogP contribution is -1.96. The van der Waals surface area contributed by atoms with Crippen molar-refractivity contribution >= 4 is 34.3 Å². The van der Waals surface area contributed by atoms with Crippen molar-refractivity contribution in [3.05, 3.63) is 95.4 Å². The van der Waals surface area contributed by atoms with Crippen molar-refractivity contribution in [1.82, 2.24) is 19.3 Å². The molecule has 0 atom stereocenters. The molecule has 0 radical (unpaired) electrons. The van der Waals surface area contributed by atoms with Gasteiger partial charge in [0.15, 0.2) is 5.82 Å². The number of imidazole rings is 1. The summed E-state index contributed by atoms with van der Waals surface area (Å²) < 4.78 is 9.32. The molecule has 2 heterocycles.